The molecule has 0 saturated heterocycles. The molecule has 7 nitrogen and oxygen atoms in total. The molecule has 0 spiro atoms. The number of alkyl halides is 3. The first-order valence-corrected chi connectivity index (χ1v) is 6.35. The fourth-order valence-electron chi connectivity index (χ4n) is 1.69. The molecule has 0 saturated carbocycles. The first-order valence-electron chi connectivity index (χ1n) is 6.35. The van der Waals surface area contributed by atoms with Crippen molar-refractivity contribution in [3.8, 4) is 17.5 Å². The second-order valence-electron chi connectivity index (χ2n) is 4.49. The SMILES string of the molecule is Cc1nnc(OCc2ccc(-c3noc(C(F)(F)F)n3)cc2)o1. The third-order valence-electron chi connectivity index (χ3n) is 2.75. The Morgan fingerprint density at radius 2 is 1.87 bits per heavy atom. The van der Waals surface area contributed by atoms with Gasteiger partial charge in [0.2, 0.25) is 11.7 Å². The molecule has 0 aliphatic heterocycles. The number of hydrogen-bond acceptors (Lipinski definition) is 7. The van der Waals surface area contributed by atoms with E-state index in [0.717, 1.165) is 5.56 Å². The number of aryl methyl sites for hydroxylation is 1. The zero-order valence-corrected chi connectivity index (χ0v) is 11.7. The van der Waals surface area contributed by atoms with Crippen molar-refractivity contribution >= 4 is 0 Å². The summed E-state index contributed by atoms with van der Waals surface area (Å²) in [4.78, 5) is 3.31. The highest BCUT2D eigenvalue weighted by atomic mass is 19.4. The maximum Gasteiger partial charge on any atom is 0.471 e. The van der Waals surface area contributed by atoms with E-state index in [4.69, 9.17) is 9.15 Å². The van der Waals surface area contributed by atoms with Crippen molar-refractivity contribution in [2.45, 2.75) is 19.7 Å². The average molecular weight is 326 g/mol. The summed E-state index contributed by atoms with van der Waals surface area (Å²) < 4.78 is 51.7. The Labute approximate surface area is 127 Å². The highest BCUT2D eigenvalue weighted by Crippen LogP contribution is 2.29. The van der Waals surface area contributed by atoms with E-state index in [-0.39, 0.29) is 18.5 Å². The molecule has 120 valence electrons. The summed E-state index contributed by atoms with van der Waals surface area (Å²) >= 11 is 0. The molecule has 0 fully saturated rings. The number of nitrogens with zero attached hydrogens (tertiary/aromatic N) is 4. The molecule has 23 heavy (non-hydrogen) atoms. The van der Waals surface area contributed by atoms with Gasteiger partial charge in [-0.25, -0.2) is 0 Å². The van der Waals surface area contributed by atoms with Gasteiger partial charge in [0.05, 0.1) is 0 Å². The summed E-state index contributed by atoms with van der Waals surface area (Å²) in [7, 11) is 0. The maximum atomic E-state index is 12.4. The van der Waals surface area contributed by atoms with Gasteiger partial charge in [-0.15, -0.1) is 5.10 Å². The van der Waals surface area contributed by atoms with Crippen molar-refractivity contribution < 1.29 is 26.8 Å². The van der Waals surface area contributed by atoms with Gasteiger partial charge in [-0.2, -0.15) is 18.2 Å². The molecule has 1 aromatic carbocycles. The molecular formula is C13H9F3N4O3. The Hall–Kier alpha value is -2.91. The number of hydrogen-bond donors (Lipinski definition) is 0. The predicted octanol–water partition coefficient (Wildman–Crippen LogP) is 3.03. The molecule has 0 N–H and O–H groups in total. The summed E-state index contributed by atoms with van der Waals surface area (Å²) in [5.74, 6) is -1.14. The molecule has 2 aromatic heterocycles. The first kappa shape index (κ1) is 15.0. The molecule has 0 aliphatic rings. The van der Waals surface area contributed by atoms with E-state index in [1.807, 2.05) is 0 Å². The molecule has 0 aliphatic carbocycles. The second kappa shape index (κ2) is 5.71. The molecule has 0 bridgehead atoms. The largest absolute Gasteiger partial charge is 0.471 e. The predicted molar refractivity (Wildman–Crippen MR) is 68.1 cm³/mol. The fraction of sp³-hybridized carbons (Fsp3) is 0.231. The lowest BCUT2D eigenvalue weighted by atomic mass is 10.1. The second-order valence-corrected chi connectivity index (χ2v) is 4.49. The molecule has 0 atom stereocenters. The van der Waals surface area contributed by atoms with E-state index in [0.29, 0.717) is 11.5 Å². The van der Waals surface area contributed by atoms with Crippen molar-refractivity contribution in [1.29, 1.82) is 0 Å². The van der Waals surface area contributed by atoms with Crippen molar-refractivity contribution in [3.05, 3.63) is 41.6 Å². The Morgan fingerprint density at radius 3 is 2.43 bits per heavy atom. The number of halogens is 3. The topological polar surface area (TPSA) is 87.1 Å². The normalized spacial score (nSPS) is 11.7. The van der Waals surface area contributed by atoms with Crippen LogP contribution in [-0.2, 0) is 12.8 Å². The first-order chi connectivity index (χ1) is 10.9. The number of aromatic nitrogens is 4. The van der Waals surface area contributed by atoms with Crippen LogP contribution in [0, 0.1) is 6.92 Å². The van der Waals surface area contributed by atoms with Crippen LogP contribution >= 0.6 is 0 Å². The van der Waals surface area contributed by atoms with E-state index in [2.05, 4.69) is 24.9 Å². The van der Waals surface area contributed by atoms with E-state index in [1.54, 1.807) is 31.2 Å². The minimum absolute atomic E-state index is 0.0413. The van der Waals surface area contributed by atoms with E-state index < -0.39 is 12.1 Å². The van der Waals surface area contributed by atoms with E-state index in [1.165, 1.54) is 0 Å². The van der Waals surface area contributed by atoms with Crippen molar-refractivity contribution in [2.75, 3.05) is 0 Å². The molecule has 2 heterocycles. The van der Waals surface area contributed by atoms with Gasteiger partial charge in [0, 0.05) is 12.5 Å². The van der Waals surface area contributed by atoms with Crippen molar-refractivity contribution in [1.82, 2.24) is 20.3 Å². The van der Waals surface area contributed by atoms with Gasteiger partial charge < -0.3 is 13.7 Å². The van der Waals surface area contributed by atoms with Crippen LogP contribution in [0.2, 0.25) is 0 Å². The summed E-state index contributed by atoms with van der Waals surface area (Å²) in [6, 6.07) is 6.43. The Morgan fingerprint density at radius 1 is 1.13 bits per heavy atom. The van der Waals surface area contributed by atoms with Crippen LogP contribution in [0.25, 0.3) is 11.4 Å². The van der Waals surface area contributed by atoms with Crippen LogP contribution in [0.5, 0.6) is 6.08 Å². The van der Waals surface area contributed by atoms with Crippen LogP contribution in [0.4, 0.5) is 13.2 Å². The Balaban J connectivity index is 1.68. The van der Waals surface area contributed by atoms with Gasteiger partial charge in [0.15, 0.2) is 0 Å². The van der Waals surface area contributed by atoms with Gasteiger partial charge in [-0.1, -0.05) is 34.5 Å². The van der Waals surface area contributed by atoms with E-state index in [9.17, 15) is 13.2 Å². The van der Waals surface area contributed by atoms with Crippen LogP contribution in [0.15, 0.2) is 33.2 Å². The van der Waals surface area contributed by atoms with Crippen LogP contribution in [0.3, 0.4) is 0 Å². The average Bonchev–Trinajstić information content (AvgIpc) is 3.14. The standard InChI is InChI=1S/C13H9F3N4O3/c1-7-18-19-12(22-7)21-6-8-2-4-9(5-3-8)10-17-11(23-20-10)13(14,15)16/h2-5H,6H2,1H3. The molecule has 3 rings (SSSR count). The Kier molecular flexibility index (Phi) is 3.72. The molecule has 0 radical (unpaired) electrons. The van der Waals surface area contributed by atoms with Crippen molar-refractivity contribution in [2.24, 2.45) is 0 Å². The lowest BCUT2D eigenvalue weighted by molar-refractivity contribution is -0.159. The summed E-state index contributed by atoms with van der Waals surface area (Å²) in [5, 5.41) is 10.6. The zero-order valence-electron chi connectivity index (χ0n) is 11.7. The van der Waals surface area contributed by atoms with Gasteiger partial charge >= 0.3 is 18.1 Å². The molecule has 3 aromatic rings. The highest BCUT2D eigenvalue weighted by Gasteiger charge is 2.38. The maximum absolute atomic E-state index is 12.4. The summed E-state index contributed by atoms with van der Waals surface area (Å²) in [6.45, 7) is 1.80. The molecule has 0 amide bonds. The highest BCUT2D eigenvalue weighted by molar-refractivity contribution is 5.54. The third kappa shape index (κ3) is 3.47. The molecular weight excluding hydrogens is 317 g/mol. The molecule has 0 unspecified atom stereocenters. The van der Waals surface area contributed by atoms with Gasteiger partial charge in [0.1, 0.15) is 6.61 Å². The number of ether oxygens (including phenoxy) is 1. The zero-order chi connectivity index (χ0) is 16.4. The minimum atomic E-state index is -4.67. The minimum Gasteiger partial charge on any atom is -0.444 e. The lowest BCUT2D eigenvalue weighted by Gasteiger charge is -2.02. The van der Waals surface area contributed by atoms with Crippen molar-refractivity contribution in [3.63, 3.8) is 0 Å². The smallest absolute Gasteiger partial charge is 0.444 e. The van der Waals surface area contributed by atoms with Gasteiger partial charge in [-0.3, -0.25) is 0 Å². The Bertz CT molecular complexity index is 795. The quantitative estimate of drug-likeness (QED) is 0.728. The van der Waals surface area contributed by atoms with Crippen LogP contribution in [-0.4, -0.2) is 20.3 Å². The summed E-state index contributed by atoms with van der Waals surface area (Å²) in [6.07, 6.45) is -4.62. The van der Waals surface area contributed by atoms with E-state index >= 15 is 0 Å². The molecule has 10 heteroatoms. The number of benzene rings is 1. The third-order valence-corrected chi connectivity index (χ3v) is 2.75. The number of rotatable bonds is 4. The van der Waals surface area contributed by atoms with Crippen LogP contribution in [0.1, 0.15) is 17.3 Å². The van der Waals surface area contributed by atoms with Gasteiger partial charge in [0.25, 0.3) is 0 Å². The van der Waals surface area contributed by atoms with Crippen LogP contribution < -0.4 is 4.74 Å². The fourth-order valence-corrected chi connectivity index (χ4v) is 1.69. The lowest BCUT2D eigenvalue weighted by Crippen LogP contribution is -2.04. The monoisotopic (exact) mass is 326 g/mol. The summed E-state index contributed by atoms with van der Waals surface area (Å²) in [5.41, 5.74) is 1.14. The van der Waals surface area contributed by atoms with Gasteiger partial charge in [-0.05, 0) is 5.56 Å².